The minimum absolute atomic E-state index is 0.0256. The number of carbonyl (C=O) groups is 3. The zero-order chi connectivity index (χ0) is 21.0. The van der Waals surface area contributed by atoms with Gasteiger partial charge in [0.25, 0.3) is 0 Å². The number of rotatable bonds is 7. The molecule has 3 rings (SSSR count). The molecule has 2 aromatic rings. The van der Waals surface area contributed by atoms with Crippen molar-refractivity contribution >= 4 is 23.5 Å². The number of para-hydroxylation sites is 2. The molecule has 2 N–H and O–H groups in total. The second kappa shape index (κ2) is 8.64. The zero-order valence-electron chi connectivity index (χ0n) is 16.2. The van der Waals surface area contributed by atoms with Gasteiger partial charge in [-0.15, -0.1) is 0 Å². The number of anilines is 1. The van der Waals surface area contributed by atoms with Crippen LogP contribution in [0.3, 0.4) is 0 Å². The van der Waals surface area contributed by atoms with E-state index in [0.29, 0.717) is 17.0 Å². The van der Waals surface area contributed by atoms with Crippen molar-refractivity contribution in [3.05, 3.63) is 53.6 Å². The third-order valence-corrected chi connectivity index (χ3v) is 4.83. The summed E-state index contributed by atoms with van der Waals surface area (Å²) in [5.74, 6) is -1.19. The first-order chi connectivity index (χ1) is 13.9. The molecule has 8 nitrogen and oxygen atoms in total. The molecule has 1 fully saturated rings. The van der Waals surface area contributed by atoms with E-state index in [-0.39, 0.29) is 42.6 Å². The summed E-state index contributed by atoms with van der Waals surface area (Å²) in [6, 6.07) is 11.9. The van der Waals surface area contributed by atoms with Crippen molar-refractivity contribution in [3.63, 3.8) is 0 Å². The van der Waals surface area contributed by atoms with Gasteiger partial charge in [0.1, 0.15) is 17.1 Å². The van der Waals surface area contributed by atoms with Gasteiger partial charge in [-0.3, -0.25) is 9.59 Å². The number of hydrogen-bond donors (Lipinski definition) is 2. The van der Waals surface area contributed by atoms with E-state index in [0.717, 1.165) is 0 Å². The third-order valence-electron chi connectivity index (χ3n) is 4.83. The Bertz CT molecular complexity index is 943. The molecule has 1 aliphatic heterocycles. The number of aromatic carboxylic acids is 1. The van der Waals surface area contributed by atoms with Gasteiger partial charge in [-0.25, -0.2) is 4.79 Å². The lowest BCUT2D eigenvalue weighted by Gasteiger charge is -2.19. The number of amides is 2. The Hall–Kier alpha value is -3.55. The van der Waals surface area contributed by atoms with Crippen LogP contribution in [0.1, 0.15) is 22.3 Å². The second-order valence-electron chi connectivity index (χ2n) is 6.63. The van der Waals surface area contributed by atoms with Crippen LogP contribution in [0.5, 0.6) is 11.5 Å². The lowest BCUT2D eigenvalue weighted by Crippen LogP contribution is -2.32. The van der Waals surface area contributed by atoms with Gasteiger partial charge in [0.2, 0.25) is 11.8 Å². The molecular formula is C21H22N2O6. The monoisotopic (exact) mass is 398 g/mol. The molecule has 0 radical (unpaired) electrons. The van der Waals surface area contributed by atoms with Crippen LogP contribution in [0.25, 0.3) is 0 Å². The second-order valence-corrected chi connectivity index (χ2v) is 6.63. The predicted octanol–water partition coefficient (Wildman–Crippen LogP) is 2.07. The maximum atomic E-state index is 12.6. The molecule has 2 aromatic carbocycles. The van der Waals surface area contributed by atoms with E-state index in [1.807, 2.05) is 12.1 Å². The first kappa shape index (κ1) is 20.2. The van der Waals surface area contributed by atoms with Gasteiger partial charge in [-0.05, 0) is 29.8 Å². The normalized spacial score (nSPS) is 15.9. The summed E-state index contributed by atoms with van der Waals surface area (Å²) >= 11 is 0. The molecule has 2 amide bonds. The standard InChI is InChI=1S/C21H22N2O6/c1-28-17-8-7-13(9-15(17)21(26)27)11-22-20(25)14-10-19(24)23(12-14)16-5-3-4-6-18(16)29-2/h3-9,14H,10-12H2,1-2H3,(H,22,25)(H,26,27). The van der Waals surface area contributed by atoms with Gasteiger partial charge in [0.15, 0.2) is 0 Å². The Kier molecular flexibility index (Phi) is 6.01. The third kappa shape index (κ3) is 4.31. The molecule has 0 aromatic heterocycles. The van der Waals surface area contributed by atoms with E-state index in [4.69, 9.17) is 9.47 Å². The molecule has 1 heterocycles. The summed E-state index contributed by atoms with van der Waals surface area (Å²) in [7, 11) is 2.93. The maximum Gasteiger partial charge on any atom is 0.339 e. The number of nitrogens with one attached hydrogen (secondary N) is 1. The molecular weight excluding hydrogens is 376 g/mol. The first-order valence-electron chi connectivity index (χ1n) is 9.06. The Morgan fingerprint density at radius 1 is 1.14 bits per heavy atom. The molecule has 1 aliphatic rings. The van der Waals surface area contributed by atoms with Crippen LogP contribution in [0.4, 0.5) is 5.69 Å². The minimum atomic E-state index is -1.11. The van der Waals surface area contributed by atoms with E-state index in [9.17, 15) is 19.5 Å². The number of hydrogen-bond acceptors (Lipinski definition) is 5. The highest BCUT2D eigenvalue weighted by molar-refractivity contribution is 6.01. The summed E-state index contributed by atoms with van der Waals surface area (Å²) in [5, 5.41) is 12.0. The average molecular weight is 398 g/mol. The summed E-state index contributed by atoms with van der Waals surface area (Å²) in [5.41, 5.74) is 1.29. The van der Waals surface area contributed by atoms with Gasteiger partial charge in [0.05, 0.1) is 25.8 Å². The van der Waals surface area contributed by atoms with Crippen molar-refractivity contribution in [1.82, 2.24) is 5.32 Å². The van der Waals surface area contributed by atoms with E-state index >= 15 is 0 Å². The SMILES string of the molecule is COc1ccc(CNC(=O)C2CC(=O)N(c3ccccc3OC)C2)cc1C(=O)O. The Morgan fingerprint density at radius 3 is 2.55 bits per heavy atom. The van der Waals surface area contributed by atoms with E-state index in [1.165, 1.54) is 20.3 Å². The number of methoxy groups -OCH3 is 2. The average Bonchev–Trinajstić information content (AvgIpc) is 3.13. The molecule has 1 saturated heterocycles. The van der Waals surface area contributed by atoms with Crippen molar-refractivity contribution in [2.24, 2.45) is 5.92 Å². The lowest BCUT2D eigenvalue weighted by molar-refractivity contribution is -0.126. The number of nitrogens with zero attached hydrogens (tertiary/aromatic N) is 1. The lowest BCUT2D eigenvalue weighted by atomic mass is 10.1. The van der Waals surface area contributed by atoms with Gasteiger partial charge in [0, 0.05) is 19.5 Å². The largest absolute Gasteiger partial charge is 0.496 e. The Morgan fingerprint density at radius 2 is 1.86 bits per heavy atom. The molecule has 8 heteroatoms. The van der Waals surface area contributed by atoms with Gasteiger partial charge in [-0.1, -0.05) is 18.2 Å². The van der Waals surface area contributed by atoms with Crippen molar-refractivity contribution in [2.75, 3.05) is 25.7 Å². The zero-order valence-corrected chi connectivity index (χ0v) is 16.2. The van der Waals surface area contributed by atoms with Crippen LogP contribution < -0.4 is 19.7 Å². The number of ether oxygens (including phenoxy) is 2. The molecule has 0 bridgehead atoms. The molecule has 0 spiro atoms. The number of benzene rings is 2. The Balaban J connectivity index is 1.66. The topological polar surface area (TPSA) is 105 Å². The van der Waals surface area contributed by atoms with Crippen molar-refractivity contribution in [1.29, 1.82) is 0 Å². The highest BCUT2D eigenvalue weighted by Gasteiger charge is 2.36. The van der Waals surface area contributed by atoms with Crippen LogP contribution in [-0.4, -0.2) is 43.7 Å². The van der Waals surface area contributed by atoms with Crippen LogP contribution in [0.2, 0.25) is 0 Å². The van der Waals surface area contributed by atoms with E-state index < -0.39 is 11.9 Å². The molecule has 0 saturated carbocycles. The van der Waals surface area contributed by atoms with Crippen LogP contribution >= 0.6 is 0 Å². The fraction of sp³-hybridized carbons (Fsp3) is 0.286. The number of carboxylic acids is 1. The highest BCUT2D eigenvalue weighted by atomic mass is 16.5. The fourth-order valence-electron chi connectivity index (χ4n) is 3.33. The number of carbonyl (C=O) groups excluding carboxylic acids is 2. The van der Waals surface area contributed by atoms with Crippen molar-refractivity contribution in [3.8, 4) is 11.5 Å². The molecule has 152 valence electrons. The van der Waals surface area contributed by atoms with Crippen LogP contribution in [-0.2, 0) is 16.1 Å². The van der Waals surface area contributed by atoms with E-state index in [1.54, 1.807) is 29.2 Å². The van der Waals surface area contributed by atoms with Gasteiger partial charge >= 0.3 is 5.97 Å². The van der Waals surface area contributed by atoms with E-state index in [2.05, 4.69) is 5.32 Å². The maximum absolute atomic E-state index is 12.6. The van der Waals surface area contributed by atoms with Crippen molar-refractivity contribution < 1.29 is 29.0 Å². The Labute approximate surface area is 168 Å². The smallest absolute Gasteiger partial charge is 0.339 e. The first-order valence-corrected chi connectivity index (χ1v) is 9.06. The fourth-order valence-corrected chi connectivity index (χ4v) is 3.33. The number of carboxylic acid groups (broad SMARTS) is 1. The molecule has 29 heavy (non-hydrogen) atoms. The highest BCUT2D eigenvalue weighted by Crippen LogP contribution is 2.32. The molecule has 1 unspecified atom stereocenters. The summed E-state index contributed by atoms with van der Waals surface area (Å²) in [6.07, 6.45) is 0.104. The summed E-state index contributed by atoms with van der Waals surface area (Å²) < 4.78 is 10.3. The predicted molar refractivity (Wildman–Crippen MR) is 105 cm³/mol. The summed E-state index contributed by atoms with van der Waals surface area (Å²) in [6.45, 7) is 0.413. The quantitative estimate of drug-likeness (QED) is 0.740. The van der Waals surface area contributed by atoms with Crippen LogP contribution in [0.15, 0.2) is 42.5 Å². The van der Waals surface area contributed by atoms with Gasteiger partial charge in [-0.2, -0.15) is 0 Å². The summed E-state index contributed by atoms with van der Waals surface area (Å²) in [4.78, 5) is 37.9. The minimum Gasteiger partial charge on any atom is -0.496 e. The van der Waals surface area contributed by atoms with Crippen molar-refractivity contribution in [2.45, 2.75) is 13.0 Å². The molecule has 1 atom stereocenters. The van der Waals surface area contributed by atoms with Gasteiger partial charge < -0.3 is 24.8 Å². The van der Waals surface area contributed by atoms with Crippen LogP contribution in [0, 0.1) is 5.92 Å². The molecule has 0 aliphatic carbocycles.